The quantitative estimate of drug-likeness (QED) is 0.256. The summed E-state index contributed by atoms with van der Waals surface area (Å²) in [6, 6.07) is 12.1. The minimum Gasteiger partial charge on any atom is -0.465 e. The maximum absolute atomic E-state index is 13.9. The standard InChI is InChI=1S/C29H35Cl2N3O4/c1-4-37-20(3)38-23-11-8-21(9-12-23)28(35)19(2)27-26(32-25-13-10-22(30)18-24(25)31)14-17-34(29(27)36)33-15-6-5-7-16-33/h8-13,18-20,27H,4-7,14-17H2,1-3H3. The fourth-order valence-electron chi connectivity index (χ4n) is 5.12. The molecule has 204 valence electrons. The van der Waals surface area contributed by atoms with Crippen LogP contribution in [-0.4, -0.2) is 60.0 Å². The van der Waals surface area contributed by atoms with E-state index in [0.29, 0.717) is 52.3 Å². The highest BCUT2D eigenvalue weighted by molar-refractivity contribution is 6.36. The molecule has 1 amide bonds. The summed E-state index contributed by atoms with van der Waals surface area (Å²) in [5, 5.41) is 4.89. The largest absolute Gasteiger partial charge is 0.465 e. The van der Waals surface area contributed by atoms with Crippen molar-refractivity contribution in [3.05, 3.63) is 58.1 Å². The molecule has 0 saturated carbocycles. The number of ketones is 1. The summed E-state index contributed by atoms with van der Waals surface area (Å²) in [7, 11) is 0. The van der Waals surface area contributed by atoms with Crippen LogP contribution in [0.15, 0.2) is 47.5 Å². The van der Waals surface area contributed by atoms with Crippen LogP contribution in [-0.2, 0) is 9.53 Å². The Morgan fingerprint density at radius 3 is 2.42 bits per heavy atom. The smallest absolute Gasteiger partial charge is 0.246 e. The number of carbonyl (C=O) groups is 2. The van der Waals surface area contributed by atoms with Gasteiger partial charge in [0.05, 0.1) is 16.6 Å². The Kier molecular flexibility index (Phi) is 9.82. The van der Waals surface area contributed by atoms with Crippen molar-refractivity contribution in [2.24, 2.45) is 16.8 Å². The Morgan fingerprint density at radius 1 is 1.05 bits per heavy atom. The van der Waals surface area contributed by atoms with Gasteiger partial charge >= 0.3 is 0 Å². The fraction of sp³-hybridized carbons (Fsp3) is 0.483. The lowest BCUT2D eigenvalue weighted by Gasteiger charge is -2.43. The zero-order chi connectivity index (χ0) is 27.2. The molecule has 0 bridgehead atoms. The van der Waals surface area contributed by atoms with E-state index in [9.17, 15) is 9.59 Å². The van der Waals surface area contributed by atoms with Crippen LogP contribution in [0.3, 0.4) is 0 Å². The van der Waals surface area contributed by atoms with Gasteiger partial charge in [-0.1, -0.05) is 36.5 Å². The lowest BCUT2D eigenvalue weighted by atomic mass is 9.80. The molecule has 0 radical (unpaired) electrons. The Hall–Kier alpha value is -2.45. The third kappa shape index (κ3) is 6.75. The molecule has 3 unspecified atom stereocenters. The van der Waals surface area contributed by atoms with E-state index in [2.05, 4.69) is 5.01 Å². The van der Waals surface area contributed by atoms with Crippen LogP contribution in [0.4, 0.5) is 5.69 Å². The van der Waals surface area contributed by atoms with E-state index in [0.717, 1.165) is 25.9 Å². The number of aliphatic imine (C=N–C) groups is 1. The fourth-order valence-corrected chi connectivity index (χ4v) is 5.57. The molecular weight excluding hydrogens is 525 g/mol. The van der Waals surface area contributed by atoms with E-state index < -0.39 is 11.8 Å². The normalized spacial score (nSPS) is 21.4. The van der Waals surface area contributed by atoms with Crippen molar-refractivity contribution in [3.8, 4) is 5.75 Å². The average molecular weight is 561 g/mol. The second-order valence-corrected chi connectivity index (χ2v) is 10.6. The summed E-state index contributed by atoms with van der Waals surface area (Å²) < 4.78 is 11.1. The zero-order valence-corrected chi connectivity index (χ0v) is 23.7. The van der Waals surface area contributed by atoms with Crippen molar-refractivity contribution in [3.63, 3.8) is 0 Å². The molecule has 2 aromatic carbocycles. The summed E-state index contributed by atoms with van der Waals surface area (Å²) in [5.74, 6) is -0.913. The van der Waals surface area contributed by atoms with Gasteiger partial charge in [-0.3, -0.25) is 19.6 Å². The third-order valence-electron chi connectivity index (χ3n) is 7.06. The second-order valence-electron chi connectivity index (χ2n) is 9.72. The highest BCUT2D eigenvalue weighted by atomic mass is 35.5. The van der Waals surface area contributed by atoms with Crippen LogP contribution in [0.1, 0.15) is 56.8 Å². The highest BCUT2D eigenvalue weighted by Crippen LogP contribution is 2.33. The number of benzene rings is 2. The van der Waals surface area contributed by atoms with Crippen LogP contribution in [0.25, 0.3) is 0 Å². The van der Waals surface area contributed by atoms with Gasteiger partial charge in [-0.05, 0) is 69.2 Å². The molecule has 0 N–H and O–H groups in total. The molecule has 7 nitrogen and oxygen atoms in total. The van der Waals surface area contributed by atoms with Crippen molar-refractivity contribution < 1.29 is 19.1 Å². The molecule has 0 spiro atoms. The zero-order valence-electron chi connectivity index (χ0n) is 22.2. The van der Waals surface area contributed by atoms with Crippen LogP contribution >= 0.6 is 23.2 Å². The molecular formula is C29H35Cl2N3O4. The summed E-state index contributed by atoms with van der Waals surface area (Å²) in [6.07, 6.45) is 3.45. The first-order valence-corrected chi connectivity index (χ1v) is 14.0. The van der Waals surface area contributed by atoms with Gasteiger partial charge in [-0.2, -0.15) is 0 Å². The van der Waals surface area contributed by atoms with E-state index in [1.54, 1.807) is 42.5 Å². The Labute approximate surface area is 234 Å². The topological polar surface area (TPSA) is 71.4 Å². The number of nitrogens with zero attached hydrogens (tertiary/aromatic N) is 3. The Balaban J connectivity index is 1.61. The van der Waals surface area contributed by atoms with E-state index in [1.807, 2.05) is 25.8 Å². The molecule has 3 atom stereocenters. The van der Waals surface area contributed by atoms with Gasteiger partial charge in [0.15, 0.2) is 12.1 Å². The predicted octanol–water partition coefficient (Wildman–Crippen LogP) is 6.60. The maximum Gasteiger partial charge on any atom is 0.246 e. The summed E-state index contributed by atoms with van der Waals surface area (Å²) >= 11 is 12.5. The number of halogens is 2. The minimum atomic E-state index is -0.696. The molecule has 2 saturated heterocycles. The van der Waals surface area contributed by atoms with E-state index >= 15 is 0 Å². The van der Waals surface area contributed by atoms with Gasteiger partial charge in [0.1, 0.15) is 5.75 Å². The van der Waals surface area contributed by atoms with E-state index in [1.165, 1.54) is 6.42 Å². The highest BCUT2D eigenvalue weighted by Gasteiger charge is 2.42. The number of Topliss-reactive ketones (excluding diaryl/α,β-unsaturated/α-hetero) is 1. The molecule has 0 aromatic heterocycles. The summed E-state index contributed by atoms with van der Waals surface area (Å²) in [6.45, 7) is 8.30. The number of hydrazine groups is 1. The Morgan fingerprint density at radius 2 is 1.76 bits per heavy atom. The molecule has 9 heteroatoms. The average Bonchev–Trinajstić information content (AvgIpc) is 2.91. The number of hydrogen-bond acceptors (Lipinski definition) is 6. The molecule has 2 aromatic rings. The molecule has 4 rings (SSSR count). The van der Waals surface area contributed by atoms with Crippen molar-refractivity contribution in [1.82, 2.24) is 10.0 Å². The number of piperidine rings is 2. The number of rotatable bonds is 9. The monoisotopic (exact) mass is 559 g/mol. The van der Waals surface area contributed by atoms with Crippen molar-refractivity contribution in [1.29, 1.82) is 0 Å². The van der Waals surface area contributed by atoms with E-state index in [-0.39, 0.29) is 18.0 Å². The molecule has 2 heterocycles. The number of hydrogen-bond donors (Lipinski definition) is 0. The number of carbonyl (C=O) groups excluding carboxylic acids is 2. The van der Waals surface area contributed by atoms with Crippen molar-refractivity contribution in [2.75, 3.05) is 26.2 Å². The second kappa shape index (κ2) is 13.1. The lowest BCUT2D eigenvalue weighted by Crippen LogP contribution is -2.57. The first kappa shape index (κ1) is 28.6. The van der Waals surface area contributed by atoms with Gasteiger partial charge < -0.3 is 9.47 Å². The number of amides is 1. The van der Waals surface area contributed by atoms with E-state index in [4.69, 9.17) is 37.7 Å². The van der Waals surface area contributed by atoms with Gasteiger partial charge in [-0.25, -0.2) is 5.01 Å². The van der Waals surface area contributed by atoms with Gasteiger partial charge in [0.2, 0.25) is 5.91 Å². The van der Waals surface area contributed by atoms with Crippen molar-refractivity contribution >= 4 is 46.3 Å². The SMILES string of the molecule is CCOC(C)Oc1ccc(C(=O)C(C)C2C(=O)N(N3CCCCC3)CCC2=Nc2ccc(Cl)cc2Cl)cc1. The summed E-state index contributed by atoms with van der Waals surface area (Å²) in [4.78, 5) is 32.4. The molecule has 2 aliphatic heterocycles. The first-order chi connectivity index (χ1) is 18.3. The predicted molar refractivity (Wildman–Crippen MR) is 150 cm³/mol. The lowest BCUT2D eigenvalue weighted by molar-refractivity contribution is -0.156. The van der Waals surface area contributed by atoms with Crippen LogP contribution in [0.5, 0.6) is 5.75 Å². The van der Waals surface area contributed by atoms with Crippen LogP contribution in [0.2, 0.25) is 10.0 Å². The number of ether oxygens (including phenoxy) is 2. The van der Waals surface area contributed by atoms with Gasteiger partial charge in [-0.15, -0.1) is 0 Å². The van der Waals surface area contributed by atoms with Gasteiger partial charge in [0, 0.05) is 54.9 Å². The molecule has 2 aliphatic rings. The molecule has 0 aliphatic carbocycles. The Bertz CT molecular complexity index is 1160. The van der Waals surface area contributed by atoms with Gasteiger partial charge in [0.25, 0.3) is 0 Å². The molecule has 2 fully saturated rings. The maximum atomic E-state index is 13.9. The van der Waals surface area contributed by atoms with Crippen LogP contribution < -0.4 is 4.74 Å². The van der Waals surface area contributed by atoms with Crippen LogP contribution in [0, 0.1) is 11.8 Å². The molecule has 38 heavy (non-hydrogen) atoms. The first-order valence-electron chi connectivity index (χ1n) is 13.3. The van der Waals surface area contributed by atoms with Crippen molar-refractivity contribution in [2.45, 2.75) is 52.7 Å². The third-order valence-corrected chi connectivity index (χ3v) is 7.60. The summed E-state index contributed by atoms with van der Waals surface area (Å²) in [5.41, 5.74) is 1.72. The minimum absolute atomic E-state index is 0.0895.